The van der Waals surface area contributed by atoms with Gasteiger partial charge in [0.15, 0.2) is 0 Å². The van der Waals surface area contributed by atoms with E-state index in [1.807, 2.05) is 43.3 Å². The Hall–Kier alpha value is -3.85. The second kappa shape index (κ2) is 10.4. The molecule has 0 fully saturated rings. The molecule has 0 spiro atoms. The Morgan fingerprint density at radius 1 is 1.15 bits per heavy atom. The fourth-order valence-electron chi connectivity index (χ4n) is 3.49. The molecule has 0 amide bonds. The summed E-state index contributed by atoms with van der Waals surface area (Å²) in [5.74, 6) is 0.595. The molecule has 4 aromatic rings. The summed E-state index contributed by atoms with van der Waals surface area (Å²) >= 11 is 3.39. The van der Waals surface area contributed by atoms with Crippen molar-refractivity contribution in [3.63, 3.8) is 0 Å². The van der Waals surface area contributed by atoms with Crippen LogP contribution < -0.4 is 10.3 Å². The molecule has 34 heavy (non-hydrogen) atoms. The third kappa shape index (κ3) is 5.04. The van der Waals surface area contributed by atoms with E-state index < -0.39 is 4.92 Å². The Bertz CT molecular complexity index is 1430. The highest BCUT2D eigenvalue weighted by atomic mass is 79.9. The monoisotopic (exact) mass is 520 g/mol. The van der Waals surface area contributed by atoms with Gasteiger partial charge >= 0.3 is 5.69 Å². The van der Waals surface area contributed by atoms with Crippen LogP contribution in [-0.4, -0.2) is 20.8 Å². The zero-order chi connectivity index (χ0) is 24.1. The van der Waals surface area contributed by atoms with Crippen LogP contribution in [0.4, 0.5) is 5.69 Å². The largest absolute Gasteiger partial charge is 0.481 e. The Morgan fingerprint density at radius 3 is 2.68 bits per heavy atom. The fourth-order valence-corrected chi connectivity index (χ4v) is 3.85. The maximum atomic E-state index is 13.2. The maximum Gasteiger partial charge on any atom is 0.311 e. The van der Waals surface area contributed by atoms with Gasteiger partial charge in [0.1, 0.15) is 12.4 Å². The van der Waals surface area contributed by atoms with E-state index in [9.17, 15) is 14.9 Å². The van der Waals surface area contributed by atoms with E-state index in [2.05, 4.69) is 26.0 Å². The number of fused-ring (bicyclic) bond motifs is 1. The van der Waals surface area contributed by atoms with Gasteiger partial charge < -0.3 is 4.74 Å². The molecule has 3 aromatic carbocycles. The summed E-state index contributed by atoms with van der Waals surface area (Å²) in [6, 6.07) is 19.3. The molecule has 0 radical (unpaired) electrons. The number of para-hydroxylation sites is 1. The van der Waals surface area contributed by atoms with Gasteiger partial charge in [-0.2, -0.15) is 9.78 Å². The molecule has 1 aromatic heterocycles. The van der Waals surface area contributed by atoms with Crippen molar-refractivity contribution in [1.82, 2.24) is 9.66 Å². The van der Waals surface area contributed by atoms with Crippen molar-refractivity contribution >= 4 is 38.7 Å². The minimum atomic E-state index is -0.499. The number of ether oxygens (including phenoxy) is 1. The lowest BCUT2D eigenvalue weighted by Gasteiger charge is -2.11. The van der Waals surface area contributed by atoms with Crippen molar-refractivity contribution < 1.29 is 9.66 Å². The third-order valence-corrected chi connectivity index (χ3v) is 5.60. The normalized spacial score (nSPS) is 11.2. The lowest BCUT2D eigenvalue weighted by atomic mass is 10.2. The second-order valence-electron chi connectivity index (χ2n) is 7.53. The van der Waals surface area contributed by atoms with Crippen molar-refractivity contribution in [3.8, 4) is 5.75 Å². The summed E-state index contributed by atoms with van der Waals surface area (Å²) in [5.41, 5.74) is 1.35. The molecule has 4 rings (SSSR count). The fraction of sp³-hybridized carbons (Fsp3) is 0.160. The Labute approximate surface area is 203 Å². The lowest BCUT2D eigenvalue weighted by molar-refractivity contribution is -0.385. The minimum Gasteiger partial charge on any atom is -0.481 e. The van der Waals surface area contributed by atoms with E-state index in [4.69, 9.17) is 4.74 Å². The molecule has 0 aliphatic carbocycles. The summed E-state index contributed by atoms with van der Waals surface area (Å²) in [6.07, 6.45) is 2.72. The van der Waals surface area contributed by atoms with Crippen LogP contribution in [0.5, 0.6) is 5.75 Å². The SMILES string of the molecule is CCCc1nc2ccc(Br)cc2c(=O)n1N=Cc1cccc([N+](=O)[O-])c1OCc1ccccc1. The standard InChI is InChI=1S/C25H21BrN4O4/c1-2-7-23-28-21-13-12-19(26)14-20(21)25(31)29(23)27-15-18-10-6-11-22(30(32)33)24(18)34-16-17-8-4-3-5-9-17/h3-6,8-15H,2,7,16H2,1H3. The van der Waals surface area contributed by atoms with Crippen molar-refractivity contribution in [2.24, 2.45) is 5.10 Å². The molecule has 9 heteroatoms. The molecule has 0 atom stereocenters. The molecule has 1 heterocycles. The van der Waals surface area contributed by atoms with Crippen molar-refractivity contribution in [3.05, 3.63) is 109 Å². The van der Waals surface area contributed by atoms with Gasteiger partial charge in [-0.05, 0) is 36.2 Å². The van der Waals surface area contributed by atoms with Crippen molar-refractivity contribution in [2.45, 2.75) is 26.4 Å². The number of aromatic nitrogens is 2. The zero-order valence-electron chi connectivity index (χ0n) is 18.3. The molecule has 172 valence electrons. The van der Waals surface area contributed by atoms with Gasteiger partial charge in [0.05, 0.1) is 22.0 Å². The highest BCUT2D eigenvalue weighted by Crippen LogP contribution is 2.31. The number of nitro benzene ring substituents is 1. The van der Waals surface area contributed by atoms with E-state index in [-0.39, 0.29) is 23.6 Å². The van der Waals surface area contributed by atoms with E-state index in [1.54, 1.807) is 24.3 Å². The van der Waals surface area contributed by atoms with Crippen LogP contribution in [0.3, 0.4) is 0 Å². The average molecular weight is 521 g/mol. The first-order valence-electron chi connectivity index (χ1n) is 10.7. The Kier molecular flexibility index (Phi) is 7.12. The molecule has 0 unspecified atom stereocenters. The Morgan fingerprint density at radius 2 is 1.94 bits per heavy atom. The quantitative estimate of drug-likeness (QED) is 0.174. The van der Waals surface area contributed by atoms with Crippen LogP contribution in [0.15, 0.2) is 81.1 Å². The molecule has 0 N–H and O–H groups in total. The summed E-state index contributed by atoms with van der Waals surface area (Å²) in [7, 11) is 0. The summed E-state index contributed by atoms with van der Waals surface area (Å²) in [6.45, 7) is 2.14. The van der Waals surface area contributed by atoms with Gasteiger partial charge in [0, 0.05) is 22.5 Å². The first kappa shape index (κ1) is 23.3. The van der Waals surface area contributed by atoms with E-state index in [1.165, 1.54) is 17.0 Å². The first-order chi connectivity index (χ1) is 16.5. The number of nitro groups is 1. The van der Waals surface area contributed by atoms with Crippen LogP contribution >= 0.6 is 15.9 Å². The number of halogens is 1. The van der Waals surface area contributed by atoms with Crippen molar-refractivity contribution in [1.29, 1.82) is 0 Å². The highest BCUT2D eigenvalue weighted by molar-refractivity contribution is 9.10. The lowest BCUT2D eigenvalue weighted by Crippen LogP contribution is -2.22. The third-order valence-electron chi connectivity index (χ3n) is 5.11. The van der Waals surface area contributed by atoms with Gasteiger partial charge in [0.2, 0.25) is 5.75 Å². The second-order valence-corrected chi connectivity index (χ2v) is 8.44. The number of rotatable bonds is 8. The molecule has 0 aliphatic heterocycles. The summed E-state index contributed by atoms with van der Waals surface area (Å²) < 4.78 is 7.86. The predicted molar refractivity (Wildman–Crippen MR) is 135 cm³/mol. The van der Waals surface area contributed by atoms with Gasteiger partial charge in [-0.25, -0.2) is 4.98 Å². The van der Waals surface area contributed by atoms with Crippen LogP contribution in [-0.2, 0) is 13.0 Å². The molecule has 0 saturated carbocycles. The first-order valence-corrected chi connectivity index (χ1v) is 11.5. The van der Waals surface area contributed by atoms with Crippen LogP contribution in [0.2, 0.25) is 0 Å². The topological polar surface area (TPSA) is 99.6 Å². The van der Waals surface area contributed by atoms with Crippen LogP contribution in [0.25, 0.3) is 10.9 Å². The number of benzene rings is 3. The van der Waals surface area contributed by atoms with E-state index >= 15 is 0 Å². The molecular formula is C25H21BrN4O4. The summed E-state index contributed by atoms with van der Waals surface area (Å²) in [4.78, 5) is 29.0. The number of hydrogen-bond acceptors (Lipinski definition) is 6. The van der Waals surface area contributed by atoms with E-state index in [0.717, 1.165) is 16.5 Å². The minimum absolute atomic E-state index is 0.0849. The predicted octanol–water partition coefficient (Wildman–Crippen LogP) is 5.48. The maximum absolute atomic E-state index is 13.2. The van der Waals surface area contributed by atoms with Gasteiger partial charge in [-0.3, -0.25) is 14.9 Å². The van der Waals surface area contributed by atoms with Crippen LogP contribution in [0, 0.1) is 10.1 Å². The molecule has 0 bridgehead atoms. The molecule has 8 nitrogen and oxygen atoms in total. The highest BCUT2D eigenvalue weighted by Gasteiger charge is 2.19. The summed E-state index contributed by atoms with van der Waals surface area (Å²) in [5, 5.41) is 16.5. The molecule has 0 saturated heterocycles. The van der Waals surface area contributed by atoms with E-state index in [0.29, 0.717) is 28.7 Å². The van der Waals surface area contributed by atoms with Crippen molar-refractivity contribution in [2.75, 3.05) is 0 Å². The van der Waals surface area contributed by atoms with Gasteiger partial charge in [-0.15, -0.1) is 0 Å². The number of nitrogens with zero attached hydrogens (tertiary/aromatic N) is 4. The Balaban J connectivity index is 1.78. The smallest absolute Gasteiger partial charge is 0.311 e. The molecule has 0 aliphatic rings. The zero-order valence-corrected chi connectivity index (χ0v) is 19.9. The van der Waals surface area contributed by atoms with Gasteiger partial charge in [-0.1, -0.05) is 59.3 Å². The number of hydrogen-bond donors (Lipinski definition) is 0. The van der Waals surface area contributed by atoms with Gasteiger partial charge in [0.25, 0.3) is 5.56 Å². The number of aryl methyl sites for hydroxylation is 1. The van der Waals surface area contributed by atoms with Crippen LogP contribution in [0.1, 0.15) is 30.3 Å². The average Bonchev–Trinajstić information content (AvgIpc) is 2.84. The molecular weight excluding hydrogens is 500 g/mol.